The number of hydrogen-bond acceptors (Lipinski definition) is 1. The molecule has 0 aliphatic rings. The summed E-state index contributed by atoms with van der Waals surface area (Å²) in [7, 11) is 0. The molecular weight excluding hydrogens is 184 g/mol. The lowest BCUT2D eigenvalue weighted by molar-refractivity contribution is 0.342. The number of benzene rings is 1. The average molecular weight is 206 g/mol. The summed E-state index contributed by atoms with van der Waals surface area (Å²) >= 11 is 0. The van der Waals surface area contributed by atoms with Crippen LogP contribution in [0.25, 0.3) is 0 Å². The van der Waals surface area contributed by atoms with Gasteiger partial charge in [-0.25, -0.2) is 0 Å². The zero-order valence-electron chi connectivity index (χ0n) is 10.1. The third-order valence-corrected chi connectivity index (χ3v) is 3.56. The predicted octanol–water partition coefficient (Wildman–Crippen LogP) is 4.25. The Bertz CT molecular complexity index is 300. The fraction of sp³-hybridized carbons (Fsp3) is 0.571. The fourth-order valence-electron chi connectivity index (χ4n) is 2.52. The van der Waals surface area contributed by atoms with Crippen molar-refractivity contribution in [1.29, 1.82) is 0 Å². The molecule has 1 aromatic rings. The van der Waals surface area contributed by atoms with E-state index in [0.29, 0.717) is 5.75 Å². The highest BCUT2D eigenvalue weighted by Gasteiger charge is 2.29. The summed E-state index contributed by atoms with van der Waals surface area (Å²) < 4.78 is 0. The fourth-order valence-corrected chi connectivity index (χ4v) is 2.52. The summed E-state index contributed by atoms with van der Waals surface area (Å²) in [6, 6.07) is 7.77. The normalized spacial score (nSPS) is 11.7. The van der Waals surface area contributed by atoms with E-state index in [1.807, 2.05) is 12.1 Å². The van der Waals surface area contributed by atoms with Crippen LogP contribution in [0.3, 0.4) is 0 Å². The molecule has 15 heavy (non-hydrogen) atoms. The van der Waals surface area contributed by atoms with E-state index in [1.54, 1.807) is 6.07 Å². The number of rotatable bonds is 5. The van der Waals surface area contributed by atoms with Gasteiger partial charge in [0.05, 0.1) is 0 Å². The van der Waals surface area contributed by atoms with Gasteiger partial charge in [0, 0.05) is 5.56 Å². The summed E-state index contributed by atoms with van der Waals surface area (Å²) in [4.78, 5) is 0. The van der Waals surface area contributed by atoms with E-state index in [9.17, 15) is 5.11 Å². The molecule has 0 aliphatic heterocycles. The monoisotopic (exact) mass is 206 g/mol. The quantitative estimate of drug-likeness (QED) is 0.763. The Hall–Kier alpha value is -0.980. The van der Waals surface area contributed by atoms with Crippen LogP contribution in [0.15, 0.2) is 24.3 Å². The number of hydrogen-bond donors (Lipinski definition) is 1. The van der Waals surface area contributed by atoms with Crippen LogP contribution < -0.4 is 0 Å². The number of phenols is 1. The molecule has 1 nitrogen and oxygen atoms in total. The molecule has 0 aliphatic carbocycles. The molecule has 0 amide bonds. The second kappa shape index (κ2) is 5.20. The van der Waals surface area contributed by atoms with Crippen LogP contribution in [0.5, 0.6) is 5.75 Å². The second-order valence-electron chi connectivity index (χ2n) is 4.25. The summed E-state index contributed by atoms with van der Waals surface area (Å²) in [6.07, 6.45) is 4.50. The molecule has 0 saturated carbocycles. The Morgan fingerprint density at radius 2 is 1.67 bits per heavy atom. The Balaban J connectivity index is 3.13. The van der Waals surface area contributed by atoms with E-state index in [2.05, 4.69) is 26.8 Å². The summed E-state index contributed by atoms with van der Waals surface area (Å²) in [5.41, 5.74) is 1.29. The molecule has 0 spiro atoms. The minimum Gasteiger partial charge on any atom is -0.508 e. The standard InChI is InChI=1S/C14H22O/c1-4-11-14(5-2,6-3)12-9-7-8-10-13(12)15/h7-10,15H,4-6,11H2,1-3H3. The molecule has 0 fully saturated rings. The maximum atomic E-state index is 9.93. The van der Waals surface area contributed by atoms with Crippen molar-refractivity contribution in [1.82, 2.24) is 0 Å². The Labute approximate surface area is 93.1 Å². The summed E-state index contributed by atoms with van der Waals surface area (Å²) in [5.74, 6) is 0.453. The molecule has 1 rings (SSSR count). The molecule has 0 bridgehead atoms. The summed E-state index contributed by atoms with van der Waals surface area (Å²) in [5, 5.41) is 9.93. The minimum atomic E-state index is 0.167. The van der Waals surface area contributed by atoms with E-state index in [4.69, 9.17) is 0 Å². The van der Waals surface area contributed by atoms with Gasteiger partial charge in [0.15, 0.2) is 0 Å². The Morgan fingerprint density at radius 1 is 1.07 bits per heavy atom. The van der Waals surface area contributed by atoms with Gasteiger partial charge in [-0.2, -0.15) is 0 Å². The zero-order valence-corrected chi connectivity index (χ0v) is 10.1. The first-order valence-corrected chi connectivity index (χ1v) is 5.98. The molecule has 0 unspecified atom stereocenters. The molecule has 0 atom stereocenters. The van der Waals surface area contributed by atoms with Gasteiger partial charge < -0.3 is 5.11 Å². The zero-order chi connectivity index (χ0) is 11.3. The summed E-state index contributed by atoms with van der Waals surface area (Å²) in [6.45, 7) is 6.64. The third-order valence-electron chi connectivity index (χ3n) is 3.56. The Kier molecular flexibility index (Phi) is 4.19. The van der Waals surface area contributed by atoms with Crippen LogP contribution in [0.1, 0.15) is 52.0 Å². The van der Waals surface area contributed by atoms with Crippen molar-refractivity contribution >= 4 is 0 Å². The van der Waals surface area contributed by atoms with E-state index in [-0.39, 0.29) is 5.41 Å². The van der Waals surface area contributed by atoms with Crippen molar-refractivity contribution in [3.8, 4) is 5.75 Å². The average Bonchev–Trinajstić information content (AvgIpc) is 2.27. The minimum absolute atomic E-state index is 0.167. The smallest absolute Gasteiger partial charge is 0.119 e. The van der Waals surface area contributed by atoms with Crippen molar-refractivity contribution in [2.75, 3.05) is 0 Å². The van der Waals surface area contributed by atoms with Crippen molar-refractivity contribution < 1.29 is 5.11 Å². The molecular formula is C14H22O. The van der Waals surface area contributed by atoms with Gasteiger partial charge >= 0.3 is 0 Å². The predicted molar refractivity (Wildman–Crippen MR) is 65.3 cm³/mol. The van der Waals surface area contributed by atoms with Crippen LogP contribution in [0.4, 0.5) is 0 Å². The molecule has 0 aromatic heterocycles. The molecule has 0 saturated heterocycles. The van der Waals surface area contributed by atoms with Gasteiger partial charge in [0.1, 0.15) is 5.75 Å². The lowest BCUT2D eigenvalue weighted by Gasteiger charge is -2.32. The van der Waals surface area contributed by atoms with Gasteiger partial charge in [-0.1, -0.05) is 45.4 Å². The maximum Gasteiger partial charge on any atom is 0.119 e. The lowest BCUT2D eigenvalue weighted by Crippen LogP contribution is -2.24. The van der Waals surface area contributed by atoms with E-state index >= 15 is 0 Å². The number of aromatic hydroxyl groups is 1. The van der Waals surface area contributed by atoms with Crippen molar-refractivity contribution in [2.45, 2.75) is 51.9 Å². The van der Waals surface area contributed by atoms with Gasteiger partial charge in [-0.15, -0.1) is 0 Å². The van der Waals surface area contributed by atoms with E-state index < -0.39 is 0 Å². The first-order valence-electron chi connectivity index (χ1n) is 5.98. The number of para-hydroxylation sites is 1. The first kappa shape index (κ1) is 12.1. The second-order valence-corrected chi connectivity index (χ2v) is 4.25. The van der Waals surface area contributed by atoms with Crippen LogP contribution in [-0.2, 0) is 5.41 Å². The van der Waals surface area contributed by atoms with E-state index in [1.165, 1.54) is 0 Å². The van der Waals surface area contributed by atoms with Gasteiger partial charge in [-0.3, -0.25) is 0 Å². The SMILES string of the molecule is CCCC(CC)(CC)c1ccccc1O. The van der Waals surface area contributed by atoms with Gasteiger partial charge in [-0.05, 0) is 30.7 Å². The van der Waals surface area contributed by atoms with Crippen molar-refractivity contribution in [3.05, 3.63) is 29.8 Å². The topological polar surface area (TPSA) is 20.2 Å². The molecule has 0 radical (unpaired) electrons. The van der Waals surface area contributed by atoms with Gasteiger partial charge in [0.2, 0.25) is 0 Å². The third kappa shape index (κ3) is 2.34. The van der Waals surface area contributed by atoms with E-state index in [0.717, 1.165) is 31.2 Å². The lowest BCUT2D eigenvalue weighted by atomic mass is 9.72. The molecule has 1 aromatic carbocycles. The highest BCUT2D eigenvalue weighted by atomic mass is 16.3. The molecule has 1 heteroatoms. The largest absolute Gasteiger partial charge is 0.508 e. The van der Waals surface area contributed by atoms with Crippen molar-refractivity contribution in [2.24, 2.45) is 0 Å². The van der Waals surface area contributed by atoms with Crippen LogP contribution in [-0.4, -0.2) is 5.11 Å². The first-order chi connectivity index (χ1) is 7.20. The molecule has 1 N–H and O–H groups in total. The molecule has 0 heterocycles. The molecule has 84 valence electrons. The van der Waals surface area contributed by atoms with Gasteiger partial charge in [0.25, 0.3) is 0 Å². The highest BCUT2D eigenvalue weighted by Crippen LogP contribution is 2.40. The highest BCUT2D eigenvalue weighted by molar-refractivity contribution is 5.38. The Morgan fingerprint density at radius 3 is 2.13 bits per heavy atom. The van der Waals surface area contributed by atoms with Crippen LogP contribution in [0, 0.1) is 0 Å². The van der Waals surface area contributed by atoms with Crippen molar-refractivity contribution in [3.63, 3.8) is 0 Å². The maximum absolute atomic E-state index is 9.93. The van der Waals surface area contributed by atoms with Crippen LogP contribution in [0.2, 0.25) is 0 Å². The van der Waals surface area contributed by atoms with Crippen LogP contribution >= 0.6 is 0 Å². The number of phenolic OH excluding ortho intramolecular Hbond substituents is 1.